The van der Waals surface area contributed by atoms with E-state index in [-0.39, 0.29) is 0 Å². The highest BCUT2D eigenvalue weighted by molar-refractivity contribution is 5.68. The topological polar surface area (TPSA) is 124 Å². The number of rotatable bonds is 46. The molecule has 0 aliphatic carbocycles. The summed E-state index contributed by atoms with van der Waals surface area (Å²) < 4.78 is 751. The van der Waals surface area contributed by atoms with E-state index in [1.165, 1.54) is 0 Å². The number of carbonyl (C=O) groups excluding carboxylic acids is 4. The molecule has 1 fully saturated rings. The molecule has 10 nitrogen and oxygen atoms in total. The van der Waals surface area contributed by atoms with E-state index in [2.05, 4.69) is 0 Å². The average Bonchev–Trinajstić information content (AvgIpc) is 0.704. The molecule has 0 spiro atoms. The zero-order valence-electron chi connectivity index (χ0n) is 58.6. The van der Waals surface area contributed by atoms with Crippen LogP contribution in [-0.4, -0.2) is 211 Å². The fraction of sp³-hybridized carbons (Fsp3) is 0.897. The van der Waals surface area contributed by atoms with Gasteiger partial charge in [0.25, 0.3) is 0 Å². The van der Waals surface area contributed by atoms with Crippen molar-refractivity contribution in [1.29, 1.82) is 0 Å². The summed E-state index contributed by atoms with van der Waals surface area (Å²) in [7, 11) is 0. The molecule has 0 amide bonds. The number of ether oxygens (including phenoxy) is 6. The van der Waals surface area contributed by atoms with Crippen molar-refractivity contribution in [2.75, 3.05) is 13.2 Å². The van der Waals surface area contributed by atoms with Gasteiger partial charge in [-0.1, -0.05) is 44.3 Å². The third-order valence-corrected chi connectivity index (χ3v) is 17.5. The number of hydrogen-bond acceptors (Lipinski definition) is 10. The Morgan fingerprint density at radius 1 is 0.261 bits per heavy atom. The number of allylic oxidation sites excluding steroid dienone is 1. The molecule has 0 aromatic carbocycles. The molecule has 119 heavy (non-hydrogen) atoms. The standard InChI is InChI=1S/C58H55F51O10/c1-25(110)115-24-29-30(116-26(2)111)31(117-27(3)112)32(118-28(4)113)33(119-29)114-23-15-7-5-6-10-16-34(21-22-37(63,64)40(69,70)43(75,76)46(81,82)49(87,88)52(93,94)55(99,100)58(107,108)109,17-11-8-13-19-35(59,60)38(65,66)41(71,72)44(77,78)47(83,84)50(89,90)53(95,96)56(101,102)103)18-12-9-14-20-36(61,62)39(67,68)42(73,74)45(79,80)48(85,86)51(91,92)54(97,98)57(104,105)106/h7,15,29-33H,5-6,8-14,16-24H2,1-4H3/b15-7+/t29-,30+,31+,32-,33-/m1/s1. The Labute approximate surface area is 630 Å². The Morgan fingerprint density at radius 2 is 0.504 bits per heavy atom. The van der Waals surface area contributed by atoms with Crippen LogP contribution in [0.4, 0.5) is 224 Å². The summed E-state index contributed by atoms with van der Waals surface area (Å²) in [5.74, 6) is -190. The highest BCUT2D eigenvalue weighted by Gasteiger charge is 2.99. The molecule has 61 heteroatoms. The minimum absolute atomic E-state index is 0.676. The molecule has 0 radical (unpaired) electrons. The first-order chi connectivity index (χ1) is 52.2. The SMILES string of the molecule is CC(=O)OC[C@H]1O[C@@H](OC/C=C/CCCCC(CCCCCC(F)(F)C(F)(F)C(F)(F)C(F)(F)C(F)(F)C(F)(F)C(F)(F)C(F)(F)F)(CCCCCC(F)(F)C(F)(F)C(F)(F)C(F)(F)C(F)(F)C(F)(F)C(F)(F)C(F)(F)F)CCC(F)(F)C(F)(F)C(F)(F)C(F)(F)C(F)(F)C(F)(F)C(F)(F)C(F)(F)F)[C@H](OC(C)=O)[C@@H](OC(C)=O)[C@H]1OC(C)=O. The van der Waals surface area contributed by atoms with Crippen LogP contribution in [0, 0.1) is 5.41 Å². The summed E-state index contributed by atoms with van der Waals surface area (Å²) >= 11 is 0. The van der Waals surface area contributed by atoms with Crippen LogP contribution >= 0.6 is 0 Å². The van der Waals surface area contributed by atoms with E-state index >= 15 is 26.3 Å². The second-order valence-corrected chi connectivity index (χ2v) is 26.2. The first-order valence-corrected chi connectivity index (χ1v) is 31.9. The van der Waals surface area contributed by atoms with Gasteiger partial charge in [-0.25, -0.2) is 0 Å². The Hall–Kier alpha value is -6.03. The van der Waals surface area contributed by atoms with Crippen molar-refractivity contribution >= 4 is 23.9 Å². The van der Waals surface area contributed by atoms with Gasteiger partial charge in [-0.05, 0) is 56.8 Å². The summed E-state index contributed by atoms with van der Waals surface area (Å²) in [6.45, 7) is 0.990. The molecule has 0 aromatic heterocycles. The lowest BCUT2D eigenvalue weighted by atomic mass is 9.70. The zero-order chi connectivity index (χ0) is 95.1. The number of alkyl halides is 51. The summed E-state index contributed by atoms with van der Waals surface area (Å²) in [4.78, 5) is 48.0. The molecular formula is C58H55F51O10. The van der Waals surface area contributed by atoms with E-state index in [1.54, 1.807) is 0 Å². The molecule has 0 bridgehead atoms. The number of unbranched alkanes of at least 4 members (excludes halogenated alkanes) is 6. The Balaban J connectivity index is 4.40. The zero-order valence-corrected chi connectivity index (χ0v) is 58.6. The van der Waals surface area contributed by atoms with Crippen LogP contribution in [0.1, 0.15) is 130 Å². The van der Waals surface area contributed by atoms with Gasteiger partial charge >= 0.3 is 167 Å². The lowest BCUT2D eigenvalue weighted by molar-refractivity contribution is -0.462. The molecule has 1 heterocycles. The second kappa shape index (κ2) is 35.5. The van der Waals surface area contributed by atoms with E-state index in [1.807, 2.05) is 0 Å². The van der Waals surface area contributed by atoms with Gasteiger partial charge in [-0.15, -0.1) is 0 Å². The molecule has 0 aromatic rings. The molecule has 1 aliphatic rings. The molecule has 704 valence electrons. The van der Waals surface area contributed by atoms with Gasteiger partial charge in [-0.2, -0.15) is 224 Å². The van der Waals surface area contributed by atoms with Crippen molar-refractivity contribution in [1.82, 2.24) is 0 Å². The van der Waals surface area contributed by atoms with Crippen LogP contribution in [0.15, 0.2) is 12.2 Å². The number of esters is 4. The third kappa shape index (κ3) is 20.2. The van der Waals surface area contributed by atoms with Crippen molar-refractivity contribution in [2.45, 2.75) is 304 Å². The maximum absolute atomic E-state index is 15.8. The highest BCUT2D eigenvalue weighted by atomic mass is 19.5. The molecule has 0 unspecified atom stereocenters. The average molecular weight is 1880 g/mol. The van der Waals surface area contributed by atoms with Gasteiger partial charge in [0.2, 0.25) is 0 Å². The van der Waals surface area contributed by atoms with E-state index in [9.17, 15) is 217 Å². The summed E-state index contributed by atoms with van der Waals surface area (Å²) in [6.07, 6.45) is -66.6. The van der Waals surface area contributed by atoms with E-state index in [0.717, 1.165) is 26.0 Å². The van der Waals surface area contributed by atoms with Gasteiger partial charge in [0.15, 0.2) is 24.6 Å². The van der Waals surface area contributed by atoms with Crippen molar-refractivity contribution in [3.05, 3.63) is 12.2 Å². The number of halogens is 51. The summed E-state index contributed by atoms with van der Waals surface area (Å²) in [5, 5.41) is 0. The predicted octanol–water partition coefficient (Wildman–Crippen LogP) is 22.9. The fourth-order valence-electron chi connectivity index (χ4n) is 10.7. The first-order valence-electron chi connectivity index (χ1n) is 31.9. The Morgan fingerprint density at radius 3 is 0.782 bits per heavy atom. The predicted molar refractivity (Wildman–Crippen MR) is 285 cm³/mol. The Kier molecular flexibility index (Phi) is 33.1. The summed E-state index contributed by atoms with van der Waals surface area (Å²) in [6, 6.07) is 0. The molecule has 5 atom stereocenters. The quantitative estimate of drug-likeness (QED) is 0.0191. The van der Waals surface area contributed by atoms with Crippen molar-refractivity contribution in [3.63, 3.8) is 0 Å². The molecule has 1 saturated heterocycles. The van der Waals surface area contributed by atoms with E-state index in [4.69, 9.17) is 28.4 Å². The van der Waals surface area contributed by atoms with Gasteiger partial charge in [0, 0.05) is 47.0 Å². The van der Waals surface area contributed by atoms with Crippen LogP contribution < -0.4 is 0 Å². The van der Waals surface area contributed by atoms with Gasteiger partial charge in [-0.3, -0.25) is 19.2 Å². The van der Waals surface area contributed by atoms with Crippen LogP contribution in [0.3, 0.4) is 0 Å². The summed E-state index contributed by atoms with van der Waals surface area (Å²) in [5.41, 5.74) is -3.33. The molecule has 1 rings (SSSR count). The van der Waals surface area contributed by atoms with E-state index < -0.39 is 319 Å². The van der Waals surface area contributed by atoms with Crippen LogP contribution in [0.5, 0.6) is 0 Å². The molecule has 0 N–H and O–H groups in total. The minimum Gasteiger partial charge on any atom is -0.463 e. The maximum atomic E-state index is 15.8. The fourth-order valence-corrected chi connectivity index (χ4v) is 10.7. The number of carbonyl (C=O) groups is 4. The maximum Gasteiger partial charge on any atom is 0.460 e. The van der Waals surface area contributed by atoms with Gasteiger partial charge in [0.05, 0.1) is 6.61 Å². The molecule has 1 aliphatic heterocycles. The minimum atomic E-state index is -9.40. The highest BCUT2D eigenvalue weighted by Crippen LogP contribution is 2.69. The normalized spacial score (nSPS) is 19.3. The second-order valence-electron chi connectivity index (χ2n) is 26.2. The van der Waals surface area contributed by atoms with Crippen molar-refractivity contribution < 1.29 is 272 Å². The van der Waals surface area contributed by atoms with Crippen molar-refractivity contribution in [3.8, 4) is 0 Å². The van der Waals surface area contributed by atoms with Gasteiger partial charge < -0.3 is 28.4 Å². The smallest absolute Gasteiger partial charge is 0.460 e. The van der Waals surface area contributed by atoms with E-state index in [0.29, 0.717) is 13.8 Å². The van der Waals surface area contributed by atoms with Crippen LogP contribution in [-0.2, 0) is 47.6 Å². The van der Waals surface area contributed by atoms with Crippen molar-refractivity contribution in [2.24, 2.45) is 5.41 Å². The molecular weight excluding hydrogens is 1830 g/mol. The number of hydrogen-bond donors (Lipinski definition) is 0. The lowest BCUT2D eigenvalue weighted by Gasteiger charge is -2.43. The van der Waals surface area contributed by atoms with Crippen LogP contribution in [0.25, 0.3) is 0 Å². The van der Waals surface area contributed by atoms with Gasteiger partial charge in [0.1, 0.15) is 12.7 Å². The largest absolute Gasteiger partial charge is 0.463 e. The van der Waals surface area contributed by atoms with Crippen LogP contribution in [0.2, 0.25) is 0 Å². The first kappa shape index (κ1) is 111. The monoisotopic (exact) mass is 1880 g/mol. The third-order valence-electron chi connectivity index (χ3n) is 17.5. The Bertz CT molecular complexity index is 3300. The molecule has 0 saturated carbocycles. The lowest BCUT2D eigenvalue weighted by Crippen LogP contribution is -2.74.